The molecule has 3 N–H and O–H groups in total. The van der Waals surface area contributed by atoms with Gasteiger partial charge in [-0.2, -0.15) is 0 Å². The fourth-order valence-corrected chi connectivity index (χ4v) is 1.57. The highest BCUT2D eigenvalue weighted by Crippen LogP contribution is 2.29. The summed E-state index contributed by atoms with van der Waals surface area (Å²) in [5.74, 6) is 0.427. The summed E-state index contributed by atoms with van der Waals surface area (Å²) >= 11 is 3.31. The van der Waals surface area contributed by atoms with Crippen LogP contribution in [0.25, 0.3) is 0 Å². The normalized spacial score (nSPS) is 20.4. The van der Waals surface area contributed by atoms with Gasteiger partial charge in [0.25, 0.3) is 0 Å². The van der Waals surface area contributed by atoms with Crippen molar-refractivity contribution in [3.05, 3.63) is 22.7 Å². The Morgan fingerprint density at radius 1 is 1.57 bits per heavy atom. The molecule has 1 aliphatic heterocycles. The summed E-state index contributed by atoms with van der Waals surface area (Å²) in [7, 11) is 0. The summed E-state index contributed by atoms with van der Waals surface area (Å²) < 4.78 is 6.24. The van der Waals surface area contributed by atoms with Crippen molar-refractivity contribution >= 4 is 27.5 Å². The number of nitrogens with one attached hydrogen (secondary N) is 1. The van der Waals surface area contributed by atoms with E-state index in [-0.39, 0.29) is 12.5 Å². The van der Waals surface area contributed by atoms with Crippen LogP contribution in [-0.4, -0.2) is 18.6 Å². The number of fused-ring (bicyclic) bond motifs is 1. The molecule has 0 fully saturated rings. The van der Waals surface area contributed by atoms with Gasteiger partial charge in [-0.3, -0.25) is 4.79 Å². The predicted molar refractivity (Wildman–Crippen MR) is 56.2 cm³/mol. The first-order chi connectivity index (χ1) is 6.66. The molecular formula is C9H9BrN2O2. The minimum atomic E-state index is -0.610. The van der Waals surface area contributed by atoms with Crippen molar-refractivity contribution in [3.63, 3.8) is 0 Å². The van der Waals surface area contributed by atoms with E-state index in [0.29, 0.717) is 11.4 Å². The molecule has 1 heterocycles. The first-order valence-corrected chi connectivity index (χ1v) is 4.95. The third-order valence-corrected chi connectivity index (χ3v) is 2.45. The molecule has 14 heavy (non-hydrogen) atoms. The highest BCUT2D eigenvalue weighted by molar-refractivity contribution is 9.10. The third kappa shape index (κ3) is 1.73. The van der Waals surface area contributed by atoms with Crippen LogP contribution in [0.2, 0.25) is 0 Å². The van der Waals surface area contributed by atoms with Gasteiger partial charge in [0, 0.05) is 4.47 Å². The van der Waals surface area contributed by atoms with Gasteiger partial charge in [-0.25, -0.2) is 0 Å². The van der Waals surface area contributed by atoms with Crippen LogP contribution >= 0.6 is 15.9 Å². The number of ether oxygens (including phenoxy) is 1. The minimum Gasteiger partial charge on any atom is -0.489 e. The third-order valence-electron chi connectivity index (χ3n) is 1.95. The van der Waals surface area contributed by atoms with Crippen LogP contribution in [0.3, 0.4) is 0 Å². The lowest BCUT2D eigenvalue weighted by Crippen LogP contribution is -2.38. The standard InChI is InChI=1S/C9H9BrN2O2/c10-5-1-2-8-7(3-5)12-9(13)6(11)4-14-8/h1-3,6H,4,11H2,(H,12,13)/t6-/m1/s1. The number of hydrogen-bond acceptors (Lipinski definition) is 3. The van der Waals surface area contributed by atoms with Gasteiger partial charge in [-0.1, -0.05) is 15.9 Å². The van der Waals surface area contributed by atoms with Gasteiger partial charge in [-0.15, -0.1) is 0 Å². The zero-order valence-corrected chi connectivity index (χ0v) is 8.87. The van der Waals surface area contributed by atoms with Crippen LogP contribution in [0.5, 0.6) is 5.75 Å². The van der Waals surface area contributed by atoms with Gasteiger partial charge in [0.15, 0.2) is 0 Å². The number of anilines is 1. The summed E-state index contributed by atoms with van der Waals surface area (Å²) in [5, 5.41) is 2.69. The lowest BCUT2D eigenvalue weighted by molar-refractivity contribution is -0.117. The van der Waals surface area contributed by atoms with Crippen molar-refractivity contribution < 1.29 is 9.53 Å². The van der Waals surface area contributed by atoms with Gasteiger partial charge in [0.05, 0.1) is 5.69 Å². The lowest BCUT2D eigenvalue weighted by atomic mass is 10.3. The molecule has 1 aliphatic rings. The van der Waals surface area contributed by atoms with E-state index in [0.717, 1.165) is 4.47 Å². The average molecular weight is 257 g/mol. The molecule has 74 valence electrons. The quantitative estimate of drug-likeness (QED) is 0.731. The molecule has 0 spiro atoms. The summed E-state index contributed by atoms with van der Waals surface area (Å²) in [4.78, 5) is 11.4. The van der Waals surface area contributed by atoms with Crippen molar-refractivity contribution in [2.75, 3.05) is 11.9 Å². The van der Waals surface area contributed by atoms with E-state index in [9.17, 15) is 4.79 Å². The molecule has 0 saturated carbocycles. The Bertz CT molecular complexity index is 381. The van der Waals surface area contributed by atoms with E-state index in [1.807, 2.05) is 6.07 Å². The number of nitrogens with two attached hydrogens (primary N) is 1. The first kappa shape index (κ1) is 9.48. The van der Waals surface area contributed by atoms with Crippen LogP contribution in [-0.2, 0) is 4.79 Å². The number of rotatable bonds is 0. The topological polar surface area (TPSA) is 64.3 Å². The van der Waals surface area contributed by atoms with Gasteiger partial charge in [0.2, 0.25) is 5.91 Å². The van der Waals surface area contributed by atoms with Gasteiger partial charge >= 0.3 is 0 Å². The minimum absolute atomic E-state index is 0.209. The van der Waals surface area contributed by atoms with Gasteiger partial charge in [-0.05, 0) is 18.2 Å². The van der Waals surface area contributed by atoms with Gasteiger partial charge < -0.3 is 15.8 Å². The number of hydrogen-bond donors (Lipinski definition) is 2. The Labute approximate surface area is 89.6 Å². The fourth-order valence-electron chi connectivity index (χ4n) is 1.21. The Hall–Kier alpha value is -1.07. The molecule has 0 saturated heterocycles. The molecule has 2 rings (SSSR count). The molecule has 1 aromatic rings. The maximum atomic E-state index is 11.4. The van der Waals surface area contributed by atoms with Crippen molar-refractivity contribution in [2.45, 2.75) is 6.04 Å². The van der Waals surface area contributed by atoms with Crippen LogP contribution in [0, 0.1) is 0 Å². The van der Waals surface area contributed by atoms with Crippen LogP contribution < -0.4 is 15.8 Å². The van der Waals surface area contributed by atoms with E-state index in [1.54, 1.807) is 12.1 Å². The second-order valence-electron chi connectivity index (χ2n) is 3.05. The van der Waals surface area contributed by atoms with Crippen LogP contribution in [0.15, 0.2) is 22.7 Å². The molecule has 0 bridgehead atoms. The lowest BCUT2D eigenvalue weighted by Gasteiger charge is -2.06. The van der Waals surface area contributed by atoms with Crippen molar-refractivity contribution in [2.24, 2.45) is 5.73 Å². The van der Waals surface area contributed by atoms with Crippen LogP contribution in [0.1, 0.15) is 0 Å². The van der Waals surface area contributed by atoms with E-state index >= 15 is 0 Å². The van der Waals surface area contributed by atoms with E-state index in [4.69, 9.17) is 10.5 Å². The second kappa shape index (κ2) is 3.59. The number of halogens is 1. The first-order valence-electron chi connectivity index (χ1n) is 4.15. The van der Waals surface area contributed by atoms with Crippen molar-refractivity contribution in [1.82, 2.24) is 0 Å². The predicted octanol–water partition coefficient (Wildman–Crippen LogP) is 1.11. The number of benzene rings is 1. The maximum Gasteiger partial charge on any atom is 0.244 e. The Morgan fingerprint density at radius 3 is 3.14 bits per heavy atom. The molecule has 0 radical (unpaired) electrons. The molecule has 5 heteroatoms. The van der Waals surface area contributed by atoms with E-state index < -0.39 is 6.04 Å². The monoisotopic (exact) mass is 256 g/mol. The average Bonchev–Trinajstić information content (AvgIpc) is 2.27. The Kier molecular flexibility index (Phi) is 2.43. The smallest absolute Gasteiger partial charge is 0.244 e. The maximum absolute atomic E-state index is 11.4. The molecule has 1 atom stereocenters. The summed E-state index contributed by atoms with van der Waals surface area (Å²) in [6, 6.07) is 4.81. The fraction of sp³-hybridized carbons (Fsp3) is 0.222. The van der Waals surface area contributed by atoms with Crippen LogP contribution in [0.4, 0.5) is 5.69 Å². The second-order valence-corrected chi connectivity index (χ2v) is 3.96. The molecule has 0 aliphatic carbocycles. The summed E-state index contributed by atoms with van der Waals surface area (Å²) in [5.41, 5.74) is 6.20. The van der Waals surface area contributed by atoms with Gasteiger partial charge in [0.1, 0.15) is 18.4 Å². The molecular weight excluding hydrogens is 248 g/mol. The Morgan fingerprint density at radius 2 is 2.36 bits per heavy atom. The van der Waals surface area contributed by atoms with E-state index in [2.05, 4.69) is 21.2 Å². The summed E-state index contributed by atoms with van der Waals surface area (Å²) in [6.45, 7) is 0.209. The zero-order chi connectivity index (χ0) is 10.1. The summed E-state index contributed by atoms with van der Waals surface area (Å²) in [6.07, 6.45) is 0. The zero-order valence-electron chi connectivity index (χ0n) is 7.29. The Balaban J connectivity index is 2.38. The highest BCUT2D eigenvalue weighted by atomic mass is 79.9. The number of amides is 1. The molecule has 1 aromatic carbocycles. The molecule has 0 unspecified atom stereocenters. The molecule has 1 amide bonds. The largest absolute Gasteiger partial charge is 0.489 e. The molecule has 4 nitrogen and oxygen atoms in total. The van der Waals surface area contributed by atoms with Crippen molar-refractivity contribution in [3.8, 4) is 5.75 Å². The highest BCUT2D eigenvalue weighted by Gasteiger charge is 2.20. The number of carbonyl (C=O) groups excluding carboxylic acids is 1. The number of carbonyl (C=O) groups is 1. The van der Waals surface area contributed by atoms with E-state index in [1.165, 1.54) is 0 Å². The SMILES string of the molecule is N[C@@H]1COc2ccc(Br)cc2NC1=O. The van der Waals surface area contributed by atoms with Crippen molar-refractivity contribution in [1.29, 1.82) is 0 Å². The molecule has 0 aromatic heterocycles.